The molecule has 5 heteroatoms. The number of nitrogens with zero attached hydrogens (tertiary/aromatic N) is 1. The zero-order valence-corrected chi connectivity index (χ0v) is 12.0. The number of carbonyl (C=O) groups excluding carboxylic acids is 1. The maximum atomic E-state index is 12.6. The van der Waals surface area contributed by atoms with Crippen molar-refractivity contribution < 1.29 is 19.4 Å². The molecule has 0 bridgehead atoms. The summed E-state index contributed by atoms with van der Waals surface area (Å²) in [6.07, 6.45) is 4.31. The molecule has 1 amide bonds. The number of carboxylic acid groups (broad SMARTS) is 1. The molecule has 1 N–H and O–H groups in total. The van der Waals surface area contributed by atoms with Crippen LogP contribution in [-0.2, 0) is 14.3 Å². The van der Waals surface area contributed by atoms with Crippen molar-refractivity contribution in [1.82, 2.24) is 4.90 Å². The summed E-state index contributed by atoms with van der Waals surface area (Å²) in [4.78, 5) is 26.1. The minimum absolute atomic E-state index is 0.0171. The van der Waals surface area contributed by atoms with E-state index in [1.54, 1.807) is 0 Å². The molecular weight excluding hydrogens is 258 g/mol. The van der Waals surface area contributed by atoms with Crippen molar-refractivity contribution in [2.75, 3.05) is 19.7 Å². The van der Waals surface area contributed by atoms with E-state index in [9.17, 15) is 14.7 Å². The summed E-state index contributed by atoms with van der Waals surface area (Å²) in [6, 6.07) is 0. The number of carboxylic acids is 1. The van der Waals surface area contributed by atoms with Crippen molar-refractivity contribution in [1.29, 1.82) is 0 Å². The smallest absolute Gasteiger partial charge is 0.311 e. The summed E-state index contributed by atoms with van der Waals surface area (Å²) in [7, 11) is 0. The van der Waals surface area contributed by atoms with Crippen LogP contribution in [0.15, 0.2) is 0 Å². The number of fused-ring (bicyclic) bond motifs is 1. The van der Waals surface area contributed by atoms with Gasteiger partial charge in [0.25, 0.3) is 0 Å². The number of amides is 1. The number of ether oxygens (including phenoxy) is 1. The van der Waals surface area contributed by atoms with Crippen molar-refractivity contribution >= 4 is 11.9 Å². The standard InChI is InChI=1S/C15H23NO4/c1-10-7-11(4-6-20-10)13(17)16-8-12-3-2-5-15(12,9-16)14(18)19/h10-12H,2-9H2,1H3,(H,18,19)/t10?,11?,12-,15+/m0/s1. The Hall–Kier alpha value is -1.10. The summed E-state index contributed by atoms with van der Waals surface area (Å²) >= 11 is 0. The fourth-order valence-corrected chi connectivity index (χ4v) is 4.29. The van der Waals surface area contributed by atoms with Gasteiger partial charge in [0.15, 0.2) is 0 Å². The molecule has 3 fully saturated rings. The zero-order valence-electron chi connectivity index (χ0n) is 12.0. The molecule has 5 nitrogen and oxygen atoms in total. The molecule has 0 aromatic heterocycles. The third-order valence-corrected chi connectivity index (χ3v) is 5.44. The van der Waals surface area contributed by atoms with Crippen LogP contribution in [0.5, 0.6) is 0 Å². The van der Waals surface area contributed by atoms with Crippen LogP contribution >= 0.6 is 0 Å². The first-order chi connectivity index (χ1) is 9.53. The van der Waals surface area contributed by atoms with Gasteiger partial charge in [0.05, 0.1) is 11.5 Å². The number of hydrogen-bond acceptors (Lipinski definition) is 3. The molecule has 0 aromatic carbocycles. The quantitative estimate of drug-likeness (QED) is 0.833. The highest BCUT2D eigenvalue weighted by atomic mass is 16.5. The van der Waals surface area contributed by atoms with Crippen LogP contribution in [-0.4, -0.2) is 47.7 Å². The van der Waals surface area contributed by atoms with E-state index in [4.69, 9.17) is 4.74 Å². The first-order valence-electron chi connectivity index (χ1n) is 7.67. The van der Waals surface area contributed by atoms with Gasteiger partial charge in [-0.3, -0.25) is 9.59 Å². The minimum Gasteiger partial charge on any atom is -0.481 e. The fraction of sp³-hybridized carbons (Fsp3) is 0.867. The van der Waals surface area contributed by atoms with E-state index in [0.29, 0.717) is 19.7 Å². The Morgan fingerprint density at radius 1 is 1.35 bits per heavy atom. The maximum absolute atomic E-state index is 12.6. The van der Waals surface area contributed by atoms with Gasteiger partial charge in [0.1, 0.15) is 0 Å². The Morgan fingerprint density at radius 3 is 2.80 bits per heavy atom. The number of likely N-dealkylation sites (tertiary alicyclic amines) is 1. The van der Waals surface area contributed by atoms with Gasteiger partial charge in [-0.1, -0.05) is 6.42 Å². The number of rotatable bonds is 2. The SMILES string of the molecule is CC1CC(C(=O)N2C[C@@H]3CCC[C@@]3(C(=O)O)C2)CCO1. The van der Waals surface area contributed by atoms with Crippen LogP contribution in [0.1, 0.15) is 39.0 Å². The molecule has 0 radical (unpaired) electrons. The Balaban J connectivity index is 1.70. The van der Waals surface area contributed by atoms with Gasteiger partial charge >= 0.3 is 5.97 Å². The van der Waals surface area contributed by atoms with Gasteiger partial charge in [-0.25, -0.2) is 0 Å². The summed E-state index contributed by atoms with van der Waals surface area (Å²) in [5.74, 6) is -0.393. The summed E-state index contributed by atoms with van der Waals surface area (Å²) in [5, 5.41) is 9.57. The topological polar surface area (TPSA) is 66.8 Å². The molecule has 4 atom stereocenters. The molecule has 112 valence electrons. The fourth-order valence-electron chi connectivity index (χ4n) is 4.29. The largest absolute Gasteiger partial charge is 0.481 e. The molecule has 3 rings (SSSR count). The lowest BCUT2D eigenvalue weighted by molar-refractivity contribution is -0.150. The van der Waals surface area contributed by atoms with Crippen LogP contribution in [0.25, 0.3) is 0 Å². The Bertz CT molecular complexity index is 424. The average Bonchev–Trinajstić information content (AvgIpc) is 2.95. The van der Waals surface area contributed by atoms with Gasteiger partial charge in [0.2, 0.25) is 5.91 Å². The molecule has 0 spiro atoms. The van der Waals surface area contributed by atoms with E-state index >= 15 is 0 Å². The molecule has 2 heterocycles. The van der Waals surface area contributed by atoms with E-state index < -0.39 is 11.4 Å². The maximum Gasteiger partial charge on any atom is 0.311 e. The minimum atomic E-state index is -0.712. The lowest BCUT2D eigenvalue weighted by Crippen LogP contribution is -2.41. The average molecular weight is 281 g/mol. The van der Waals surface area contributed by atoms with Crippen molar-refractivity contribution in [2.24, 2.45) is 17.3 Å². The second-order valence-corrected chi connectivity index (χ2v) is 6.67. The van der Waals surface area contributed by atoms with Crippen molar-refractivity contribution in [3.05, 3.63) is 0 Å². The van der Waals surface area contributed by atoms with E-state index in [1.165, 1.54) is 0 Å². The molecule has 1 saturated carbocycles. The molecular formula is C15H23NO4. The highest BCUT2D eigenvalue weighted by molar-refractivity contribution is 5.83. The van der Waals surface area contributed by atoms with Crippen molar-refractivity contribution in [2.45, 2.75) is 45.1 Å². The van der Waals surface area contributed by atoms with Gasteiger partial charge in [-0.15, -0.1) is 0 Å². The van der Waals surface area contributed by atoms with Crippen molar-refractivity contribution in [3.63, 3.8) is 0 Å². The highest BCUT2D eigenvalue weighted by Gasteiger charge is 2.56. The summed E-state index contributed by atoms with van der Waals surface area (Å²) < 4.78 is 5.49. The third kappa shape index (κ3) is 2.12. The number of aliphatic carboxylic acids is 1. The third-order valence-electron chi connectivity index (χ3n) is 5.44. The normalized spacial score (nSPS) is 40.6. The molecule has 1 aliphatic carbocycles. The number of carbonyl (C=O) groups is 2. The Morgan fingerprint density at radius 2 is 2.15 bits per heavy atom. The summed E-state index contributed by atoms with van der Waals surface area (Å²) in [6.45, 7) is 3.68. The van der Waals surface area contributed by atoms with E-state index in [-0.39, 0.29) is 23.8 Å². The molecule has 2 saturated heterocycles. The molecule has 20 heavy (non-hydrogen) atoms. The van der Waals surface area contributed by atoms with Crippen LogP contribution in [0, 0.1) is 17.3 Å². The predicted octanol–water partition coefficient (Wildman–Crippen LogP) is 1.51. The molecule has 3 aliphatic rings. The Kier molecular flexibility index (Phi) is 3.48. The van der Waals surface area contributed by atoms with Crippen LogP contribution in [0.4, 0.5) is 0 Å². The second-order valence-electron chi connectivity index (χ2n) is 6.67. The van der Waals surface area contributed by atoms with Gasteiger partial charge in [-0.2, -0.15) is 0 Å². The van der Waals surface area contributed by atoms with Gasteiger partial charge in [0, 0.05) is 25.6 Å². The second kappa shape index (κ2) is 5.02. The first-order valence-corrected chi connectivity index (χ1v) is 7.67. The lowest BCUT2D eigenvalue weighted by atomic mass is 9.81. The van der Waals surface area contributed by atoms with Crippen molar-refractivity contribution in [3.8, 4) is 0 Å². The van der Waals surface area contributed by atoms with E-state index in [0.717, 1.165) is 32.1 Å². The highest BCUT2D eigenvalue weighted by Crippen LogP contribution is 2.49. The van der Waals surface area contributed by atoms with E-state index in [1.807, 2.05) is 11.8 Å². The van der Waals surface area contributed by atoms with Crippen LogP contribution in [0.3, 0.4) is 0 Å². The monoisotopic (exact) mass is 281 g/mol. The van der Waals surface area contributed by atoms with Gasteiger partial charge in [-0.05, 0) is 38.5 Å². The van der Waals surface area contributed by atoms with Crippen LogP contribution in [0.2, 0.25) is 0 Å². The lowest BCUT2D eigenvalue weighted by Gasteiger charge is -2.30. The molecule has 0 aromatic rings. The summed E-state index contributed by atoms with van der Waals surface area (Å²) in [5.41, 5.74) is -0.660. The number of hydrogen-bond donors (Lipinski definition) is 1. The first kappa shape index (κ1) is 13.9. The predicted molar refractivity (Wildman–Crippen MR) is 72.1 cm³/mol. The Labute approximate surface area is 119 Å². The van der Waals surface area contributed by atoms with Crippen LogP contribution < -0.4 is 0 Å². The van der Waals surface area contributed by atoms with Gasteiger partial charge < -0.3 is 14.7 Å². The van der Waals surface area contributed by atoms with E-state index in [2.05, 4.69) is 0 Å². The molecule has 2 aliphatic heterocycles. The molecule has 2 unspecified atom stereocenters. The zero-order chi connectivity index (χ0) is 14.3.